The standard InChI is InChI=1S/C23H23N3O2/c27-22(17-13-25(14-17)23(28)10-16-6-2-1-3-7-16)11-20-18-8-4-5-9-19(18)21-12-24-15-26(20)21/h1-9,12,15,17,20,22,27H,10-11,13-14H2. The summed E-state index contributed by atoms with van der Waals surface area (Å²) in [6.07, 6.45) is 4.37. The second-order valence-electron chi connectivity index (χ2n) is 7.81. The fourth-order valence-corrected chi connectivity index (χ4v) is 4.44. The van der Waals surface area contributed by atoms with Crippen LogP contribution in [0.2, 0.25) is 0 Å². The topological polar surface area (TPSA) is 58.4 Å². The average Bonchev–Trinajstić information content (AvgIpc) is 3.24. The number of nitrogens with zero attached hydrogens (tertiary/aromatic N) is 3. The van der Waals surface area contributed by atoms with E-state index in [1.165, 1.54) is 11.1 Å². The van der Waals surface area contributed by atoms with Gasteiger partial charge in [0.2, 0.25) is 5.91 Å². The van der Waals surface area contributed by atoms with Crippen LogP contribution in [0.25, 0.3) is 11.3 Å². The monoisotopic (exact) mass is 373 g/mol. The number of aromatic nitrogens is 2. The van der Waals surface area contributed by atoms with Gasteiger partial charge < -0.3 is 14.6 Å². The predicted molar refractivity (Wildman–Crippen MR) is 107 cm³/mol. The Kier molecular flexibility index (Phi) is 4.24. The lowest BCUT2D eigenvalue weighted by molar-refractivity contribution is -0.140. The minimum atomic E-state index is -0.438. The van der Waals surface area contributed by atoms with E-state index in [1.54, 1.807) is 0 Å². The van der Waals surface area contributed by atoms with Gasteiger partial charge in [-0.3, -0.25) is 4.79 Å². The zero-order valence-electron chi connectivity index (χ0n) is 15.6. The van der Waals surface area contributed by atoms with Crippen LogP contribution < -0.4 is 0 Å². The van der Waals surface area contributed by atoms with Gasteiger partial charge in [-0.05, 0) is 17.5 Å². The summed E-state index contributed by atoms with van der Waals surface area (Å²) in [6.45, 7) is 1.27. The summed E-state index contributed by atoms with van der Waals surface area (Å²) >= 11 is 0. The van der Waals surface area contributed by atoms with E-state index < -0.39 is 6.10 Å². The van der Waals surface area contributed by atoms with E-state index in [0.29, 0.717) is 25.9 Å². The second-order valence-corrected chi connectivity index (χ2v) is 7.81. The fraction of sp³-hybridized carbons (Fsp3) is 0.304. The highest BCUT2D eigenvalue weighted by atomic mass is 16.3. The Bertz CT molecular complexity index is 992. The molecule has 0 radical (unpaired) electrons. The number of rotatable bonds is 5. The molecule has 0 bridgehead atoms. The molecule has 1 aromatic heterocycles. The van der Waals surface area contributed by atoms with Gasteiger partial charge in [0.05, 0.1) is 36.8 Å². The van der Waals surface area contributed by atoms with Crippen molar-refractivity contribution in [3.05, 3.63) is 78.2 Å². The van der Waals surface area contributed by atoms with E-state index in [9.17, 15) is 9.90 Å². The molecule has 2 aromatic carbocycles. The van der Waals surface area contributed by atoms with Crippen LogP contribution in [-0.4, -0.2) is 44.7 Å². The Morgan fingerprint density at radius 2 is 1.86 bits per heavy atom. The van der Waals surface area contributed by atoms with Crippen LogP contribution in [0.15, 0.2) is 67.1 Å². The lowest BCUT2D eigenvalue weighted by Gasteiger charge is -2.42. The maximum absolute atomic E-state index is 12.4. The first-order valence-electron chi connectivity index (χ1n) is 9.81. The number of likely N-dealkylation sites (tertiary alicyclic amines) is 1. The smallest absolute Gasteiger partial charge is 0.227 e. The fourth-order valence-electron chi connectivity index (χ4n) is 4.44. The van der Waals surface area contributed by atoms with E-state index in [0.717, 1.165) is 11.3 Å². The number of aliphatic hydroxyl groups excluding tert-OH is 1. The zero-order chi connectivity index (χ0) is 19.1. The van der Waals surface area contributed by atoms with E-state index in [4.69, 9.17) is 0 Å². The molecule has 3 heterocycles. The van der Waals surface area contributed by atoms with Gasteiger partial charge in [-0.25, -0.2) is 4.98 Å². The molecule has 2 unspecified atom stereocenters. The second kappa shape index (κ2) is 6.91. The van der Waals surface area contributed by atoms with E-state index in [2.05, 4.69) is 21.7 Å². The molecule has 28 heavy (non-hydrogen) atoms. The summed E-state index contributed by atoms with van der Waals surface area (Å²) in [4.78, 5) is 18.6. The summed E-state index contributed by atoms with van der Waals surface area (Å²) in [5, 5.41) is 10.8. The highest BCUT2D eigenvalue weighted by Crippen LogP contribution is 2.42. The summed E-state index contributed by atoms with van der Waals surface area (Å²) < 4.78 is 2.16. The molecule has 2 aliphatic rings. The lowest BCUT2D eigenvalue weighted by Crippen LogP contribution is -2.55. The molecule has 2 aliphatic heterocycles. The first-order chi connectivity index (χ1) is 13.7. The molecule has 142 valence electrons. The first-order valence-corrected chi connectivity index (χ1v) is 9.81. The first kappa shape index (κ1) is 17.2. The molecule has 0 aliphatic carbocycles. The molecular formula is C23H23N3O2. The van der Waals surface area contributed by atoms with Gasteiger partial charge >= 0.3 is 0 Å². The van der Waals surface area contributed by atoms with Gasteiger partial charge in [-0.1, -0.05) is 54.6 Å². The summed E-state index contributed by atoms with van der Waals surface area (Å²) in [5.41, 5.74) is 4.59. The Balaban J connectivity index is 1.21. The highest BCUT2D eigenvalue weighted by molar-refractivity contribution is 5.79. The molecule has 2 atom stereocenters. The quantitative estimate of drug-likeness (QED) is 0.748. The third kappa shape index (κ3) is 2.92. The van der Waals surface area contributed by atoms with Crippen molar-refractivity contribution in [2.75, 3.05) is 13.1 Å². The van der Waals surface area contributed by atoms with Gasteiger partial charge in [0, 0.05) is 24.6 Å². The normalized spacial score (nSPS) is 19.0. The Hall–Kier alpha value is -2.92. The number of amides is 1. The number of imidazole rings is 1. The van der Waals surface area contributed by atoms with Crippen molar-refractivity contribution < 1.29 is 9.90 Å². The predicted octanol–water partition coefficient (Wildman–Crippen LogP) is 2.91. The van der Waals surface area contributed by atoms with Crippen molar-refractivity contribution >= 4 is 5.91 Å². The molecule has 1 amide bonds. The molecule has 1 saturated heterocycles. The minimum Gasteiger partial charge on any atom is -0.393 e. The largest absolute Gasteiger partial charge is 0.393 e. The SMILES string of the molecule is O=C(Cc1ccccc1)N1CC(C(O)CC2c3ccccc3-c3cncn32)C1. The number of fused-ring (bicyclic) bond motifs is 3. The van der Waals surface area contributed by atoms with Crippen LogP contribution in [-0.2, 0) is 11.2 Å². The van der Waals surface area contributed by atoms with Crippen LogP contribution in [0.5, 0.6) is 0 Å². The molecule has 3 aromatic rings. The molecule has 0 spiro atoms. The average molecular weight is 373 g/mol. The molecule has 5 heteroatoms. The third-order valence-electron chi connectivity index (χ3n) is 6.07. The number of carbonyl (C=O) groups excluding carboxylic acids is 1. The van der Waals surface area contributed by atoms with E-state index >= 15 is 0 Å². The highest BCUT2D eigenvalue weighted by Gasteiger charge is 2.38. The van der Waals surface area contributed by atoms with Crippen molar-refractivity contribution in [1.82, 2.24) is 14.5 Å². The van der Waals surface area contributed by atoms with Crippen molar-refractivity contribution in [3.63, 3.8) is 0 Å². The summed E-state index contributed by atoms with van der Waals surface area (Å²) in [7, 11) is 0. The van der Waals surface area contributed by atoms with Crippen molar-refractivity contribution in [2.24, 2.45) is 5.92 Å². The number of benzene rings is 2. The van der Waals surface area contributed by atoms with Gasteiger partial charge in [-0.2, -0.15) is 0 Å². The van der Waals surface area contributed by atoms with Crippen LogP contribution in [0.1, 0.15) is 23.6 Å². The molecule has 5 rings (SSSR count). The van der Waals surface area contributed by atoms with Crippen LogP contribution in [0, 0.1) is 5.92 Å². The molecule has 0 saturated carbocycles. The number of carbonyl (C=O) groups is 1. The Morgan fingerprint density at radius 3 is 2.68 bits per heavy atom. The number of hydrogen-bond donors (Lipinski definition) is 1. The van der Waals surface area contributed by atoms with Crippen LogP contribution in [0.4, 0.5) is 0 Å². The molecular weight excluding hydrogens is 350 g/mol. The van der Waals surface area contributed by atoms with Crippen LogP contribution >= 0.6 is 0 Å². The van der Waals surface area contributed by atoms with Gasteiger partial charge in [0.15, 0.2) is 0 Å². The van der Waals surface area contributed by atoms with Crippen LogP contribution in [0.3, 0.4) is 0 Å². The van der Waals surface area contributed by atoms with Crippen molar-refractivity contribution in [1.29, 1.82) is 0 Å². The maximum atomic E-state index is 12.4. The molecule has 1 N–H and O–H groups in total. The third-order valence-corrected chi connectivity index (χ3v) is 6.07. The summed E-state index contributed by atoms with van der Waals surface area (Å²) in [6, 6.07) is 18.3. The van der Waals surface area contributed by atoms with Gasteiger partial charge in [-0.15, -0.1) is 0 Å². The van der Waals surface area contributed by atoms with Gasteiger partial charge in [0.25, 0.3) is 0 Å². The lowest BCUT2D eigenvalue weighted by atomic mass is 9.87. The number of hydrogen-bond acceptors (Lipinski definition) is 3. The van der Waals surface area contributed by atoms with Gasteiger partial charge in [0.1, 0.15) is 0 Å². The Morgan fingerprint density at radius 1 is 1.11 bits per heavy atom. The van der Waals surface area contributed by atoms with E-state index in [-0.39, 0.29) is 17.9 Å². The zero-order valence-corrected chi connectivity index (χ0v) is 15.6. The summed E-state index contributed by atoms with van der Waals surface area (Å²) in [5.74, 6) is 0.275. The molecule has 1 fully saturated rings. The maximum Gasteiger partial charge on any atom is 0.227 e. The minimum absolute atomic E-state index is 0.109. The number of aliphatic hydroxyl groups is 1. The van der Waals surface area contributed by atoms with Crippen molar-refractivity contribution in [3.8, 4) is 11.3 Å². The Labute approximate surface area is 164 Å². The van der Waals surface area contributed by atoms with E-state index in [1.807, 2.05) is 59.9 Å². The molecule has 5 nitrogen and oxygen atoms in total. The van der Waals surface area contributed by atoms with Crippen molar-refractivity contribution in [2.45, 2.75) is 25.0 Å².